The standard InChI is InChI=1S/C15H22F3NO/c1-3-7-19-14(6-8-20-10-15(17)18)13-5-4-12(16)9-11(13)2/h4-5,9,14-15,19H,3,6-8,10H2,1-2H3. The van der Waals surface area contributed by atoms with Crippen LogP contribution in [0.5, 0.6) is 0 Å². The van der Waals surface area contributed by atoms with Crippen LogP contribution in [-0.2, 0) is 4.74 Å². The molecule has 0 saturated heterocycles. The van der Waals surface area contributed by atoms with Crippen LogP contribution < -0.4 is 5.32 Å². The molecule has 1 N–H and O–H groups in total. The van der Waals surface area contributed by atoms with Gasteiger partial charge in [0.05, 0.1) is 0 Å². The molecule has 0 saturated carbocycles. The molecule has 1 aromatic rings. The Morgan fingerprint density at radius 1 is 1.30 bits per heavy atom. The van der Waals surface area contributed by atoms with Crippen molar-refractivity contribution in [1.82, 2.24) is 5.32 Å². The van der Waals surface area contributed by atoms with Crippen molar-refractivity contribution in [2.45, 2.75) is 39.2 Å². The van der Waals surface area contributed by atoms with Crippen LogP contribution in [0.2, 0.25) is 0 Å². The van der Waals surface area contributed by atoms with E-state index in [4.69, 9.17) is 4.74 Å². The van der Waals surface area contributed by atoms with Crippen molar-refractivity contribution < 1.29 is 17.9 Å². The molecule has 1 atom stereocenters. The molecule has 1 aromatic carbocycles. The predicted octanol–water partition coefficient (Wildman–Crippen LogP) is 3.85. The number of benzene rings is 1. The van der Waals surface area contributed by atoms with Gasteiger partial charge in [0.15, 0.2) is 0 Å². The third kappa shape index (κ3) is 5.92. The first kappa shape index (κ1) is 17.0. The molecule has 1 rings (SSSR count). The lowest BCUT2D eigenvalue weighted by Gasteiger charge is -2.21. The Morgan fingerprint density at radius 2 is 2.05 bits per heavy atom. The highest BCUT2D eigenvalue weighted by atomic mass is 19.3. The van der Waals surface area contributed by atoms with Gasteiger partial charge in [0, 0.05) is 12.6 Å². The van der Waals surface area contributed by atoms with Gasteiger partial charge in [0.25, 0.3) is 6.43 Å². The summed E-state index contributed by atoms with van der Waals surface area (Å²) in [5.41, 5.74) is 1.84. The van der Waals surface area contributed by atoms with Crippen LogP contribution in [0.15, 0.2) is 18.2 Å². The zero-order valence-corrected chi connectivity index (χ0v) is 12.0. The molecule has 0 bridgehead atoms. The molecule has 0 amide bonds. The van der Waals surface area contributed by atoms with Gasteiger partial charge in [0.2, 0.25) is 0 Å². The molecule has 0 aliphatic rings. The van der Waals surface area contributed by atoms with E-state index in [1.807, 2.05) is 6.92 Å². The predicted molar refractivity (Wildman–Crippen MR) is 73.6 cm³/mol. The second kappa shape index (κ2) is 8.97. The molecule has 0 aliphatic heterocycles. The fourth-order valence-corrected chi connectivity index (χ4v) is 2.09. The first-order valence-electron chi connectivity index (χ1n) is 6.90. The van der Waals surface area contributed by atoms with Gasteiger partial charge >= 0.3 is 0 Å². The van der Waals surface area contributed by atoms with E-state index in [1.54, 1.807) is 6.07 Å². The number of hydrogen-bond acceptors (Lipinski definition) is 2. The molecular formula is C15H22F3NO. The minimum atomic E-state index is -2.44. The fourth-order valence-electron chi connectivity index (χ4n) is 2.09. The number of halogens is 3. The molecule has 0 aromatic heterocycles. The summed E-state index contributed by atoms with van der Waals surface area (Å²) in [6, 6.07) is 4.64. The highest BCUT2D eigenvalue weighted by Crippen LogP contribution is 2.22. The molecule has 0 aliphatic carbocycles. The van der Waals surface area contributed by atoms with E-state index < -0.39 is 13.0 Å². The van der Waals surface area contributed by atoms with Gasteiger partial charge in [-0.1, -0.05) is 13.0 Å². The van der Waals surface area contributed by atoms with Gasteiger partial charge in [-0.15, -0.1) is 0 Å². The second-order valence-corrected chi connectivity index (χ2v) is 4.76. The number of alkyl halides is 2. The third-order valence-corrected chi connectivity index (χ3v) is 3.04. The van der Waals surface area contributed by atoms with Crippen molar-refractivity contribution in [2.75, 3.05) is 19.8 Å². The maximum atomic E-state index is 13.1. The van der Waals surface area contributed by atoms with Crippen molar-refractivity contribution in [1.29, 1.82) is 0 Å². The van der Waals surface area contributed by atoms with Gasteiger partial charge in [-0.3, -0.25) is 0 Å². The summed E-state index contributed by atoms with van der Waals surface area (Å²) in [5.74, 6) is -0.269. The lowest BCUT2D eigenvalue weighted by atomic mass is 9.98. The molecule has 0 fully saturated rings. The molecule has 0 spiro atoms. The highest BCUT2D eigenvalue weighted by Gasteiger charge is 2.14. The minimum absolute atomic E-state index is 0.00628. The van der Waals surface area contributed by atoms with Crippen LogP contribution in [0.4, 0.5) is 13.2 Å². The summed E-state index contributed by atoms with van der Waals surface area (Å²) < 4.78 is 42.1. The van der Waals surface area contributed by atoms with Crippen LogP contribution >= 0.6 is 0 Å². The Morgan fingerprint density at radius 3 is 2.65 bits per heavy atom. The number of nitrogens with one attached hydrogen (secondary N) is 1. The summed E-state index contributed by atoms with van der Waals surface area (Å²) in [4.78, 5) is 0. The average molecular weight is 289 g/mol. The van der Waals surface area contributed by atoms with Crippen LogP contribution in [0.25, 0.3) is 0 Å². The zero-order valence-electron chi connectivity index (χ0n) is 12.0. The summed E-state index contributed by atoms with van der Waals surface area (Å²) in [5, 5.41) is 3.34. The van der Waals surface area contributed by atoms with E-state index >= 15 is 0 Å². The maximum Gasteiger partial charge on any atom is 0.261 e. The number of aryl methyl sites for hydroxylation is 1. The molecule has 5 heteroatoms. The third-order valence-electron chi connectivity index (χ3n) is 3.04. The van der Waals surface area contributed by atoms with E-state index in [1.165, 1.54) is 12.1 Å². The summed E-state index contributed by atoms with van der Waals surface area (Å²) >= 11 is 0. The maximum absolute atomic E-state index is 13.1. The number of rotatable bonds is 9. The van der Waals surface area contributed by atoms with Crippen molar-refractivity contribution >= 4 is 0 Å². The number of ether oxygens (including phenoxy) is 1. The van der Waals surface area contributed by atoms with E-state index in [9.17, 15) is 13.2 Å². The molecule has 114 valence electrons. The van der Waals surface area contributed by atoms with E-state index in [0.29, 0.717) is 6.42 Å². The highest BCUT2D eigenvalue weighted by molar-refractivity contribution is 5.29. The summed E-state index contributed by atoms with van der Waals surface area (Å²) in [7, 11) is 0. The largest absolute Gasteiger partial charge is 0.375 e. The van der Waals surface area contributed by atoms with Crippen LogP contribution in [0.1, 0.15) is 36.9 Å². The SMILES string of the molecule is CCCNC(CCOCC(F)F)c1ccc(F)cc1C. The number of hydrogen-bond donors (Lipinski definition) is 1. The molecule has 0 radical (unpaired) electrons. The molecule has 0 heterocycles. The fraction of sp³-hybridized carbons (Fsp3) is 0.600. The topological polar surface area (TPSA) is 21.3 Å². The summed E-state index contributed by atoms with van der Waals surface area (Å²) in [6.45, 7) is 4.43. The van der Waals surface area contributed by atoms with Crippen LogP contribution in [-0.4, -0.2) is 26.2 Å². The lowest BCUT2D eigenvalue weighted by molar-refractivity contribution is 0.0143. The van der Waals surface area contributed by atoms with Crippen molar-refractivity contribution in [3.8, 4) is 0 Å². The molecule has 20 heavy (non-hydrogen) atoms. The lowest BCUT2D eigenvalue weighted by Crippen LogP contribution is -2.24. The Bertz CT molecular complexity index is 399. The Hall–Kier alpha value is -1.07. The smallest absolute Gasteiger partial charge is 0.261 e. The normalized spacial score (nSPS) is 12.9. The second-order valence-electron chi connectivity index (χ2n) is 4.76. The first-order valence-corrected chi connectivity index (χ1v) is 6.90. The van der Waals surface area contributed by atoms with Crippen molar-refractivity contribution in [3.05, 3.63) is 35.1 Å². The van der Waals surface area contributed by atoms with Crippen molar-refractivity contribution in [2.24, 2.45) is 0 Å². The van der Waals surface area contributed by atoms with E-state index in [0.717, 1.165) is 24.1 Å². The first-order chi connectivity index (χ1) is 9.54. The average Bonchev–Trinajstić information content (AvgIpc) is 2.38. The monoisotopic (exact) mass is 289 g/mol. The quantitative estimate of drug-likeness (QED) is 0.697. The molecule has 1 unspecified atom stereocenters. The molecular weight excluding hydrogens is 267 g/mol. The van der Waals surface area contributed by atoms with Crippen LogP contribution in [0, 0.1) is 12.7 Å². The van der Waals surface area contributed by atoms with Gasteiger partial charge in [0.1, 0.15) is 12.4 Å². The Balaban J connectivity index is 2.62. The Labute approximate surface area is 118 Å². The van der Waals surface area contributed by atoms with Crippen molar-refractivity contribution in [3.63, 3.8) is 0 Å². The van der Waals surface area contributed by atoms with Gasteiger partial charge < -0.3 is 10.1 Å². The van der Waals surface area contributed by atoms with E-state index in [2.05, 4.69) is 12.2 Å². The molecule has 2 nitrogen and oxygen atoms in total. The Kier molecular flexibility index (Phi) is 7.62. The summed E-state index contributed by atoms with van der Waals surface area (Å²) in [6.07, 6.45) is -0.891. The van der Waals surface area contributed by atoms with E-state index in [-0.39, 0.29) is 18.5 Å². The van der Waals surface area contributed by atoms with Gasteiger partial charge in [-0.25, -0.2) is 13.2 Å². The van der Waals surface area contributed by atoms with Gasteiger partial charge in [-0.05, 0) is 49.6 Å². The zero-order chi connectivity index (χ0) is 15.0. The minimum Gasteiger partial charge on any atom is -0.375 e. The van der Waals surface area contributed by atoms with Gasteiger partial charge in [-0.2, -0.15) is 0 Å². The van der Waals surface area contributed by atoms with Crippen LogP contribution in [0.3, 0.4) is 0 Å².